The predicted molar refractivity (Wildman–Crippen MR) is 239 cm³/mol. The van der Waals surface area contributed by atoms with Gasteiger partial charge in [0.2, 0.25) is 17.8 Å². The molecule has 23 nitrogen and oxygen atoms in total. The van der Waals surface area contributed by atoms with Gasteiger partial charge in [0.05, 0.1) is 48.9 Å². The molecule has 7 rings (SSSR count). The van der Waals surface area contributed by atoms with Gasteiger partial charge in [-0.3, -0.25) is 0 Å². The Balaban J connectivity index is 0.00000346. The molecular formula is C40H34N10Na4O13S4. The second kappa shape index (κ2) is 26.0. The number of nitrogens with one attached hydrogen (secondary N) is 3. The van der Waals surface area contributed by atoms with Crippen LogP contribution >= 0.6 is 0 Å². The number of fused-ring (bicyclic) bond motifs is 2. The van der Waals surface area contributed by atoms with E-state index in [1.54, 1.807) is 38.1 Å². The minimum absolute atomic E-state index is 0. The van der Waals surface area contributed by atoms with Crippen molar-refractivity contribution in [3.05, 3.63) is 108 Å². The van der Waals surface area contributed by atoms with E-state index in [4.69, 9.17) is 0 Å². The summed E-state index contributed by atoms with van der Waals surface area (Å²) in [6.07, 6.45) is 0. The normalized spacial score (nSPS) is 11.8. The molecule has 0 saturated carbocycles. The van der Waals surface area contributed by atoms with Gasteiger partial charge in [-0.05, 0) is 97.8 Å². The molecule has 71 heavy (non-hydrogen) atoms. The molecule has 6 aromatic carbocycles. The molecule has 0 atom stereocenters. The molecule has 0 saturated heterocycles. The Labute approximate surface area is 496 Å². The number of aliphatic hydroxyl groups is 1. The largest absolute Gasteiger partial charge is 1.00 e. The average Bonchev–Trinajstić information content (AvgIpc) is 3.22. The van der Waals surface area contributed by atoms with E-state index >= 15 is 0 Å². The fourth-order valence-corrected chi connectivity index (χ4v) is 9.28. The smallest absolute Gasteiger partial charge is 0.744 e. The van der Waals surface area contributed by atoms with Crippen molar-refractivity contribution < 1.29 is 175 Å². The summed E-state index contributed by atoms with van der Waals surface area (Å²) in [5, 5.41) is 33.5. The molecule has 0 aliphatic carbocycles. The minimum atomic E-state index is -5.14. The molecule has 0 radical (unpaired) electrons. The Kier molecular flexibility index (Phi) is 23.5. The number of nitrogens with zero attached hydrogens (tertiary/aromatic N) is 7. The third-order valence-corrected chi connectivity index (χ3v) is 12.9. The number of aliphatic hydroxyl groups excluding tert-OH is 1. The number of hydrogen-bond donors (Lipinski definition) is 4. The first kappa shape index (κ1) is 64.2. The van der Waals surface area contributed by atoms with Crippen molar-refractivity contribution in [2.24, 2.45) is 20.5 Å². The molecule has 4 N–H and O–H groups in total. The number of aryl methyl sites for hydroxylation is 2. The van der Waals surface area contributed by atoms with Gasteiger partial charge in [-0.15, -0.1) is 0 Å². The monoisotopic (exact) mass is 1080 g/mol. The fourth-order valence-electron chi connectivity index (χ4n) is 6.49. The van der Waals surface area contributed by atoms with Gasteiger partial charge in [-0.25, -0.2) is 33.7 Å². The maximum atomic E-state index is 12.1. The van der Waals surface area contributed by atoms with E-state index in [0.717, 1.165) is 48.5 Å². The average molecular weight is 1080 g/mol. The molecule has 0 aliphatic heterocycles. The number of azo groups is 2. The maximum Gasteiger partial charge on any atom is 1.00 e. The number of benzene rings is 6. The third kappa shape index (κ3) is 16.0. The van der Waals surface area contributed by atoms with Gasteiger partial charge in [0.15, 0.2) is 0 Å². The maximum absolute atomic E-state index is 12.1. The van der Waals surface area contributed by atoms with E-state index in [2.05, 4.69) is 51.4 Å². The molecule has 1 heterocycles. The molecule has 0 fully saturated rings. The Morgan fingerprint density at radius 1 is 0.479 bits per heavy atom. The molecular weight excluding hydrogens is 1050 g/mol. The van der Waals surface area contributed by atoms with Crippen LogP contribution in [-0.2, 0) is 40.5 Å². The summed E-state index contributed by atoms with van der Waals surface area (Å²) in [6, 6.07) is 20.2. The zero-order valence-electron chi connectivity index (χ0n) is 37.8. The Bertz CT molecular complexity index is 3420. The standard InChI is InChI=1S/C39H34N10O13S4.CH4.4Na/c1-21-15-23(9-11-31(21)48-46-25-17-29-27(35(19-25)65(57,58)59)5-3-7-33(29)63(51,52)53)41-38-43-37(40-13-14-50)44-39(45-38)42-24-10-12-32(22(2)16-24)49-47-26-18-30-28(36(20-26)66(60,61)62)6-4-8-34(30)64(54,55)56;;;;;/h3-12,15-20,50H,13-14H2,1-2H3,(H,51,52,53)(H,54,55,56)(H,57,58,59)(H,60,61,62)(H3,40,41,42,43,44,45);1H4;;;;/q;;4*+1/p-4. The summed E-state index contributed by atoms with van der Waals surface area (Å²) < 4.78 is 144. The number of hydrogen-bond acceptors (Lipinski definition) is 23. The fraction of sp³-hybridized carbons (Fsp3) is 0.125. The predicted octanol–water partition coefficient (Wildman–Crippen LogP) is -5.21. The third-order valence-electron chi connectivity index (χ3n) is 9.37. The van der Waals surface area contributed by atoms with Gasteiger partial charge >= 0.3 is 118 Å². The first-order chi connectivity index (χ1) is 31.0. The summed E-state index contributed by atoms with van der Waals surface area (Å²) in [5.74, 6) is 0.149. The van der Waals surface area contributed by atoms with Crippen molar-refractivity contribution >= 4 is 114 Å². The van der Waals surface area contributed by atoms with E-state index in [1.807, 2.05) is 0 Å². The second-order valence-corrected chi connectivity index (χ2v) is 19.4. The first-order valence-electron chi connectivity index (χ1n) is 18.6. The molecule has 0 unspecified atom stereocenters. The van der Waals surface area contributed by atoms with E-state index in [1.165, 1.54) is 24.3 Å². The van der Waals surface area contributed by atoms with Gasteiger partial charge in [0.1, 0.15) is 40.5 Å². The Morgan fingerprint density at radius 3 is 1.18 bits per heavy atom. The number of rotatable bonds is 15. The van der Waals surface area contributed by atoms with Crippen molar-refractivity contribution in [3.63, 3.8) is 0 Å². The summed E-state index contributed by atoms with van der Waals surface area (Å²) in [6.45, 7) is 3.17. The van der Waals surface area contributed by atoms with Gasteiger partial charge < -0.3 is 39.3 Å². The van der Waals surface area contributed by atoms with Crippen LogP contribution in [0.25, 0.3) is 21.5 Å². The molecule has 0 spiro atoms. The molecule has 0 amide bonds. The molecule has 0 bridgehead atoms. The van der Waals surface area contributed by atoms with Crippen LogP contribution in [0, 0.1) is 13.8 Å². The van der Waals surface area contributed by atoms with E-state index in [0.29, 0.717) is 22.5 Å². The van der Waals surface area contributed by atoms with Gasteiger partial charge in [-0.2, -0.15) is 35.4 Å². The quantitative estimate of drug-likeness (QED) is 0.0423. The van der Waals surface area contributed by atoms with Crippen LogP contribution in [0.1, 0.15) is 18.6 Å². The first-order valence-corrected chi connectivity index (χ1v) is 24.3. The summed E-state index contributed by atoms with van der Waals surface area (Å²) >= 11 is 0. The topological polar surface area (TPSA) is 373 Å². The molecule has 31 heteroatoms. The van der Waals surface area contributed by atoms with Crippen molar-refractivity contribution in [2.45, 2.75) is 40.9 Å². The van der Waals surface area contributed by atoms with Crippen molar-refractivity contribution in [1.29, 1.82) is 0 Å². The summed E-state index contributed by atoms with van der Waals surface area (Å²) in [7, 11) is -20.4. The molecule has 7 aromatic rings. The van der Waals surface area contributed by atoms with E-state index in [9.17, 15) is 57.0 Å². The van der Waals surface area contributed by atoms with Crippen LogP contribution in [0.4, 0.5) is 52.0 Å². The zero-order chi connectivity index (χ0) is 47.8. The number of anilines is 5. The van der Waals surface area contributed by atoms with E-state index in [-0.39, 0.29) is 201 Å². The summed E-state index contributed by atoms with van der Waals surface area (Å²) in [5.41, 5.74) is 2.08. The SMILES string of the molecule is C.Cc1cc(Nc2nc(NCCO)nc(Nc3ccc(N=Nc4cc(S(=O)(=O)[O-])c5cccc(S(=O)(=O)[O-])c5c4)c(C)c3)n2)ccc1N=Nc1cc(S(=O)(=O)[O-])c2cccc(S(=O)(=O)[O-])c2c1.[Na+].[Na+].[Na+].[Na+]. The molecule has 350 valence electrons. The Morgan fingerprint density at radius 2 is 0.845 bits per heavy atom. The second-order valence-electron chi connectivity index (χ2n) is 14.0. The van der Waals surface area contributed by atoms with Crippen LogP contribution in [0.5, 0.6) is 0 Å². The summed E-state index contributed by atoms with van der Waals surface area (Å²) in [4.78, 5) is 10.1. The van der Waals surface area contributed by atoms with Crippen LogP contribution < -0.4 is 134 Å². The van der Waals surface area contributed by atoms with E-state index < -0.39 is 60.1 Å². The van der Waals surface area contributed by atoms with Crippen molar-refractivity contribution in [1.82, 2.24) is 15.0 Å². The van der Waals surface area contributed by atoms with Crippen LogP contribution in [0.3, 0.4) is 0 Å². The zero-order valence-corrected chi connectivity index (χ0v) is 49.0. The van der Waals surface area contributed by atoms with Crippen LogP contribution in [0.2, 0.25) is 0 Å². The van der Waals surface area contributed by atoms with Crippen LogP contribution in [-0.4, -0.2) is 85.1 Å². The van der Waals surface area contributed by atoms with Gasteiger partial charge in [0.25, 0.3) is 0 Å². The minimum Gasteiger partial charge on any atom is -0.744 e. The van der Waals surface area contributed by atoms with Crippen molar-refractivity contribution in [2.75, 3.05) is 29.1 Å². The molecule has 0 aliphatic rings. The molecule has 1 aromatic heterocycles. The van der Waals surface area contributed by atoms with Gasteiger partial charge in [0, 0.05) is 39.5 Å². The Hall–Kier alpha value is -2.95. The van der Waals surface area contributed by atoms with Gasteiger partial charge in [-0.1, -0.05) is 31.7 Å². The van der Waals surface area contributed by atoms with Crippen LogP contribution in [0.15, 0.2) is 137 Å². The van der Waals surface area contributed by atoms with Crippen molar-refractivity contribution in [3.8, 4) is 0 Å². The number of aromatic nitrogens is 3.